The molecule has 0 aliphatic heterocycles. The summed E-state index contributed by atoms with van der Waals surface area (Å²) in [5, 5.41) is 1.32. The summed E-state index contributed by atoms with van der Waals surface area (Å²) in [6, 6.07) is 5.50. The van der Waals surface area contributed by atoms with Crippen molar-refractivity contribution in [1.29, 1.82) is 0 Å². The van der Waals surface area contributed by atoms with Crippen LogP contribution in [0.4, 0.5) is 0 Å². The van der Waals surface area contributed by atoms with Gasteiger partial charge in [0.1, 0.15) is 0 Å². The van der Waals surface area contributed by atoms with Crippen molar-refractivity contribution in [2.45, 2.75) is 32.7 Å². The highest BCUT2D eigenvalue weighted by atomic mass is 35.5. The molecule has 0 saturated carbocycles. The minimum atomic E-state index is 0.00437. The van der Waals surface area contributed by atoms with Gasteiger partial charge in [-0.2, -0.15) is 0 Å². The highest BCUT2D eigenvalue weighted by Gasteiger charge is 2.13. The van der Waals surface area contributed by atoms with E-state index in [1.165, 1.54) is 0 Å². The lowest BCUT2D eigenvalue weighted by Crippen LogP contribution is -2.14. The fourth-order valence-electron chi connectivity index (χ4n) is 1.53. The molecule has 2 unspecified atom stereocenters. The van der Waals surface area contributed by atoms with Crippen molar-refractivity contribution in [2.75, 3.05) is 0 Å². The molecule has 3 heteroatoms. The van der Waals surface area contributed by atoms with Crippen molar-refractivity contribution in [3.63, 3.8) is 0 Å². The third kappa shape index (κ3) is 3.67. The zero-order valence-electron chi connectivity index (χ0n) is 9.13. The van der Waals surface area contributed by atoms with Gasteiger partial charge in [0.25, 0.3) is 0 Å². The van der Waals surface area contributed by atoms with E-state index in [9.17, 15) is 0 Å². The van der Waals surface area contributed by atoms with Crippen LogP contribution >= 0.6 is 23.2 Å². The summed E-state index contributed by atoms with van der Waals surface area (Å²) in [4.78, 5) is 0. The van der Waals surface area contributed by atoms with Gasteiger partial charge in [-0.25, -0.2) is 0 Å². The smallest absolute Gasteiger partial charge is 0.0468 e. The molecule has 0 fully saturated rings. The second kappa shape index (κ2) is 5.74. The van der Waals surface area contributed by atoms with Gasteiger partial charge >= 0.3 is 0 Å². The summed E-state index contributed by atoms with van der Waals surface area (Å²) < 4.78 is 0. The third-order valence-corrected chi connectivity index (χ3v) is 3.28. The van der Waals surface area contributed by atoms with Crippen molar-refractivity contribution in [3.05, 3.63) is 33.8 Å². The fraction of sp³-hybridized carbons (Fsp3) is 0.500. The summed E-state index contributed by atoms with van der Waals surface area (Å²) in [7, 11) is 0. The molecular weight excluding hydrogens is 229 g/mol. The molecule has 0 amide bonds. The first-order chi connectivity index (χ1) is 7.04. The van der Waals surface area contributed by atoms with E-state index >= 15 is 0 Å². The predicted octanol–water partition coefficient (Wildman–Crippen LogP) is 4.43. The van der Waals surface area contributed by atoms with Crippen LogP contribution in [-0.2, 0) is 0 Å². The van der Waals surface area contributed by atoms with Gasteiger partial charge in [-0.1, -0.05) is 49.5 Å². The Labute approximate surface area is 102 Å². The zero-order chi connectivity index (χ0) is 11.4. The van der Waals surface area contributed by atoms with Crippen LogP contribution in [0.1, 0.15) is 38.3 Å². The van der Waals surface area contributed by atoms with E-state index in [4.69, 9.17) is 28.9 Å². The van der Waals surface area contributed by atoms with Gasteiger partial charge < -0.3 is 5.73 Å². The Kier molecular flexibility index (Phi) is 4.91. The summed E-state index contributed by atoms with van der Waals surface area (Å²) in [6.07, 6.45) is 2.09. The van der Waals surface area contributed by atoms with Gasteiger partial charge in [-0.05, 0) is 30.0 Å². The molecular formula is C12H17Cl2N. The lowest BCUT2D eigenvalue weighted by atomic mass is 9.95. The quantitative estimate of drug-likeness (QED) is 0.835. The first-order valence-electron chi connectivity index (χ1n) is 5.25. The molecule has 84 valence electrons. The molecule has 0 heterocycles. The van der Waals surface area contributed by atoms with Crippen molar-refractivity contribution in [2.24, 2.45) is 11.7 Å². The van der Waals surface area contributed by atoms with E-state index in [-0.39, 0.29) is 6.04 Å². The van der Waals surface area contributed by atoms with Crippen LogP contribution in [0.15, 0.2) is 18.2 Å². The Morgan fingerprint density at radius 2 is 2.00 bits per heavy atom. The molecule has 0 aliphatic rings. The minimum Gasteiger partial charge on any atom is -0.324 e. The normalized spacial score (nSPS) is 15.0. The standard InChI is InChI=1S/C12H17Cl2N/c1-3-8(2)6-12(15)10-5-4-9(13)7-11(10)14/h4-5,7-8,12H,3,6,15H2,1-2H3. The topological polar surface area (TPSA) is 26.0 Å². The molecule has 0 radical (unpaired) electrons. The molecule has 1 aromatic carbocycles. The lowest BCUT2D eigenvalue weighted by Gasteiger charge is -2.17. The van der Waals surface area contributed by atoms with E-state index in [2.05, 4.69) is 13.8 Å². The maximum atomic E-state index is 6.09. The molecule has 0 aromatic heterocycles. The molecule has 15 heavy (non-hydrogen) atoms. The SMILES string of the molecule is CCC(C)CC(N)c1ccc(Cl)cc1Cl. The minimum absolute atomic E-state index is 0.00437. The van der Waals surface area contributed by atoms with E-state index in [0.29, 0.717) is 16.0 Å². The number of hydrogen-bond donors (Lipinski definition) is 1. The molecule has 1 aromatic rings. The monoisotopic (exact) mass is 245 g/mol. The summed E-state index contributed by atoms with van der Waals surface area (Å²) in [5.41, 5.74) is 7.08. The Bertz CT molecular complexity index is 325. The van der Waals surface area contributed by atoms with Crippen LogP contribution in [0.2, 0.25) is 10.0 Å². The predicted molar refractivity (Wildman–Crippen MR) is 67.5 cm³/mol. The number of hydrogen-bond acceptors (Lipinski definition) is 1. The summed E-state index contributed by atoms with van der Waals surface area (Å²) >= 11 is 11.9. The zero-order valence-corrected chi connectivity index (χ0v) is 10.6. The first-order valence-corrected chi connectivity index (χ1v) is 6.00. The molecule has 2 N–H and O–H groups in total. The van der Waals surface area contributed by atoms with E-state index in [1.807, 2.05) is 12.1 Å². The van der Waals surface area contributed by atoms with Crippen molar-refractivity contribution < 1.29 is 0 Å². The Balaban J connectivity index is 2.77. The van der Waals surface area contributed by atoms with Gasteiger partial charge in [0.2, 0.25) is 0 Å². The van der Waals surface area contributed by atoms with Gasteiger partial charge in [0.05, 0.1) is 0 Å². The van der Waals surface area contributed by atoms with Crippen LogP contribution in [0.25, 0.3) is 0 Å². The molecule has 0 aliphatic carbocycles. The average molecular weight is 246 g/mol. The second-order valence-corrected chi connectivity index (χ2v) is 4.87. The van der Waals surface area contributed by atoms with Crippen LogP contribution in [0.5, 0.6) is 0 Å². The van der Waals surface area contributed by atoms with Gasteiger partial charge in [0.15, 0.2) is 0 Å². The molecule has 0 bridgehead atoms. The van der Waals surface area contributed by atoms with Crippen LogP contribution in [0.3, 0.4) is 0 Å². The van der Waals surface area contributed by atoms with Crippen molar-refractivity contribution in [3.8, 4) is 0 Å². The summed E-state index contributed by atoms with van der Waals surface area (Å²) in [6.45, 7) is 4.37. The average Bonchev–Trinajstić information content (AvgIpc) is 2.17. The van der Waals surface area contributed by atoms with E-state index < -0.39 is 0 Å². The number of nitrogens with two attached hydrogens (primary N) is 1. The van der Waals surface area contributed by atoms with Crippen molar-refractivity contribution in [1.82, 2.24) is 0 Å². The van der Waals surface area contributed by atoms with Crippen LogP contribution in [-0.4, -0.2) is 0 Å². The number of halogens is 2. The lowest BCUT2D eigenvalue weighted by molar-refractivity contribution is 0.461. The highest BCUT2D eigenvalue weighted by Crippen LogP contribution is 2.28. The number of rotatable bonds is 4. The summed E-state index contributed by atoms with van der Waals surface area (Å²) in [5.74, 6) is 0.617. The van der Waals surface area contributed by atoms with E-state index in [0.717, 1.165) is 18.4 Å². The first kappa shape index (κ1) is 12.8. The third-order valence-electron chi connectivity index (χ3n) is 2.72. The van der Waals surface area contributed by atoms with Gasteiger partial charge in [-0.3, -0.25) is 0 Å². The van der Waals surface area contributed by atoms with Crippen LogP contribution in [0, 0.1) is 5.92 Å². The molecule has 1 rings (SSSR count). The highest BCUT2D eigenvalue weighted by molar-refractivity contribution is 6.35. The van der Waals surface area contributed by atoms with E-state index in [1.54, 1.807) is 6.07 Å². The largest absolute Gasteiger partial charge is 0.324 e. The molecule has 0 spiro atoms. The fourth-order valence-corrected chi connectivity index (χ4v) is 2.08. The Hall–Kier alpha value is -0.240. The second-order valence-electron chi connectivity index (χ2n) is 4.02. The molecule has 2 atom stereocenters. The molecule has 0 saturated heterocycles. The van der Waals surface area contributed by atoms with Gasteiger partial charge in [-0.15, -0.1) is 0 Å². The Morgan fingerprint density at radius 3 is 2.53 bits per heavy atom. The Morgan fingerprint density at radius 1 is 1.33 bits per heavy atom. The maximum absolute atomic E-state index is 6.09. The maximum Gasteiger partial charge on any atom is 0.0468 e. The van der Waals surface area contributed by atoms with Gasteiger partial charge in [0, 0.05) is 16.1 Å². The van der Waals surface area contributed by atoms with Crippen LogP contribution < -0.4 is 5.73 Å². The number of benzene rings is 1. The van der Waals surface area contributed by atoms with Crippen molar-refractivity contribution >= 4 is 23.2 Å². The molecule has 1 nitrogen and oxygen atoms in total.